The second kappa shape index (κ2) is 3.94. The number of imidazole rings is 1. The second-order valence-electron chi connectivity index (χ2n) is 4.51. The second-order valence-corrected chi connectivity index (χ2v) is 5.22. The molecule has 0 amide bonds. The number of nitrogens with zero attached hydrogens (tertiary/aromatic N) is 4. The average Bonchev–Trinajstić information content (AvgIpc) is 2.93. The molecule has 0 aliphatic heterocycles. The van der Waals surface area contributed by atoms with E-state index in [1.165, 1.54) is 17.4 Å². The molecule has 2 aromatic heterocycles. The molecule has 0 spiro atoms. The van der Waals surface area contributed by atoms with Crippen LogP contribution in [0.3, 0.4) is 0 Å². The molecule has 0 saturated heterocycles. The summed E-state index contributed by atoms with van der Waals surface area (Å²) in [5.41, 5.74) is 1.13. The maximum absolute atomic E-state index is 12.2. The molecule has 0 unspecified atom stereocenters. The molecule has 2 heterocycles. The van der Waals surface area contributed by atoms with Gasteiger partial charge >= 0.3 is 0 Å². The summed E-state index contributed by atoms with van der Waals surface area (Å²) in [4.78, 5) is 20.7. The largest absolute Gasteiger partial charge is 0.322 e. The van der Waals surface area contributed by atoms with Gasteiger partial charge in [0.1, 0.15) is 0 Å². The highest BCUT2D eigenvalue weighted by Crippen LogP contribution is 2.30. The van der Waals surface area contributed by atoms with Crippen molar-refractivity contribution < 1.29 is 0 Å². The molecule has 1 aliphatic carbocycles. The summed E-state index contributed by atoms with van der Waals surface area (Å²) >= 11 is 3.26. The van der Waals surface area contributed by atoms with Gasteiger partial charge in [-0.2, -0.15) is 0 Å². The standard InChI is InChI=1S/C11H13BrN4O/c1-15-10(17)8-9(14-11(15)12)13-6-16(8)7-4-2-3-5-7/h6-7H,2-5H2,1H3. The summed E-state index contributed by atoms with van der Waals surface area (Å²) in [7, 11) is 1.71. The minimum absolute atomic E-state index is 0.0359. The van der Waals surface area contributed by atoms with Crippen LogP contribution in [0.15, 0.2) is 15.9 Å². The van der Waals surface area contributed by atoms with Gasteiger partial charge in [-0.25, -0.2) is 9.97 Å². The Morgan fingerprint density at radius 3 is 2.82 bits per heavy atom. The molecule has 1 saturated carbocycles. The Labute approximate surface area is 107 Å². The normalized spacial score (nSPS) is 17.1. The van der Waals surface area contributed by atoms with Gasteiger partial charge < -0.3 is 4.57 Å². The van der Waals surface area contributed by atoms with Crippen LogP contribution in [-0.4, -0.2) is 19.1 Å². The molecule has 1 aliphatic rings. The summed E-state index contributed by atoms with van der Waals surface area (Å²) in [5.74, 6) is 0. The molecule has 0 N–H and O–H groups in total. The van der Waals surface area contributed by atoms with Crippen LogP contribution >= 0.6 is 15.9 Å². The fourth-order valence-corrected chi connectivity index (χ4v) is 2.83. The monoisotopic (exact) mass is 296 g/mol. The van der Waals surface area contributed by atoms with E-state index >= 15 is 0 Å². The number of aromatic nitrogens is 4. The Hall–Kier alpha value is -1.17. The molecule has 6 heteroatoms. The SMILES string of the molecule is Cn1c(Br)nc2ncn(C3CCCC3)c2c1=O. The highest BCUT2D eigenvalue weighted by molar-refractivity contribution is 9.10. The van der Waals surface area contributed by atoms with Crippen molar-refractivity contribution in [2.24, 2.45) is 7.05 Å². The molecule has 90 valence electrons. The van der Waals surface area contributed by atoms with E-state index in [1.54, 1.807) is 13.4 Å². The van der Waals surface area contributed by atoms with Crippen LogP contribution < -0.4 is 5.56 Å². The van der Waals surface area contributed by atoms with Gasteiger partial charge in [0.2, 0.25) is 0 Å². The molecule has 1 fully saturated rings. The van der Waals surface area contributed by atoms with E-state index in [1.807, 2.05) is 4.57 Å². The lowest BCUT2D eigenvalue weighted by molar-refractivity contribution is 0.529. The summed E-state index contributed by atoms with van der Waals surface area (Å²) in [5, 5.41) is 0. The summed E-state index contributed by atoms with van der Waals surface area (Å²) in [6, 6.07) is 0.413. The van der Waals surface area contributed by atoms with Gasteiger partial charge in [0, 0.05) is 13.1 Å². The van der Waals surface area contributed by atoms with Crippen molar-refractivity contribution in [1.82, 2.24) is 19.1 Å². The summed E-state index contributed by atoms with van der Waals surface area (Å²) in [6.45, 7) is 0. The number of fused-ring (bicyclic) bond motifs is 1. The van der Waals surface area contributed by atoms with Crippen molar-refractivity contribution in [3.63, 3.8) is 0 Å². The van der Waals surface area contributed by atoms with E-state index in [-0.39, 0.29) is 5.56 Å². The van der Waals surface area contributed by atoms with Crippen molar-refractivity contribution >= 4 is 27.1 Å². The fourth-order valence-electron chi connectivity index (χ4n) is 2.50. The summed E-state index contributed by atoms with van der Waals surface area (Å²) in [6.07, 6.45) is 6.47. The van der Waals surface area contributed by atoms with Crippen LogP contribution in [0.2, 0.25) is 0 Å². The van der Waals surface area contributed by atoms with Crippen LogP contribution in [0.4, 0.5) is 0 Å². The number of halogens is 1. The zero-order chi connectivity index (χ0) is 12.0. The van der Waals surface area contributed by atoms with E-state index < -0.39 is 0 Å². The van der Waals surface area contributed by atoms with Crippen LogP contribution in [-0.2, 0) is 7.05 Å². The van der Waals surface area contributed by atoms with Gasteiger partial charge in [-0.15, -0.1) is 0 Å². The fraction of sp³-hybridized carbons (Fsp3) is 0.545. The van der Waals surface area contributed by atoms with Gasteiger partial charge in [0.25, 0.3) is 5.56 Å². The van der Waals surface area contributed by atoms with E-state index in [9.17, 15) is 4.79 Å². The van der Waals surface area contributed by atoms with Crippen molar-refractivity contribution in [1.29, 1.82) is 0 Å². The third kappa shape index (κ3) is 1.62. The number of rotatable bonds is 1. The zero-order valence-corrected chi connectivity index (χ0v) is 11.1. The first-order valence-corrected chi connectivity index (χ1v) is 6.57. The molecule has 17 heavy (non-hydrogen) atoms. The molecule has 3 rings (SSSR count). The molecule has 0 aromatic carbocycles. The first kappa shape index (κ1) is 11.0. The average molecular weight is 297 g/mol. The predicted octanol–water partition coefficient (Wildman–Crippen LogP) is 2.01. The Bertz CT molecular complexity index is 624. The van der Waals surface area contributed by atoms with Crippen LogP contribution in [0.5, 0.6) is 0 Å². The molecule has 0 radical (unpaired) electrons. The van der Waals surface area contributed by atoms with Gasteiger partial charge in [0.15, 0.2) is 15.9 Å². The van der Waals surface area contributed by atoms with Crippen molar-refractivity contribution in [3.8, 4) is 0 Å². The number of hydrogen-bond acceptors (Lipinski definition) is 3. The highest BCUT2D eigenvalue weighted by Gasteiger charge is 2.21. The Morgan fingerprint density at radius 2 is 2.12 bits per heavy atom. The molecular weight excluding hydrogens is 284 g/mol. The van der Waals surface area contributed by atoms with Crippen LogP contribution in [0.25, 0.3) is 11.2 Å². The molecule has 0 bridgehead atoms. The third-order valence-corrected chi connectivity index (χ3v) is 4.18. The molecule has 5 nitrogen and oxygen atoms in total. The van der Waals surface area contributed by atoms with Gasteiger partial charge in [-0.1, -0.05) is 12.8 Å². The smallest absolute Gasteiger partial charge is 0.280 e. The lowest BCUT2D eigenvalue weighted by Gasteiger charge is -2.11. The number of hydrogen-bond donors (Lipinski definition) is 0. The van der Waals surface area contributed by atoms with Crippen LogP contribution in [0.1, 0.15) is 31.7 Å². The maximum Gasteiger partial charge on any atom is 0.280 e. The molecule has 2 aromatic rings. The highest BCUT2D eigenvalue weighted by atomic mass is 79.9. The molecular formula is C11H13BrN4O. The minimum Gasteiger partial charge on any atom is -0.322 e. The Morgan fingerprint density at radius 1 is 1.41 bits per heavy atom. The van der Waals surface area contributed by atoms with Gasteiger partial charge in [0.05, 0.1) is 6.33 Å². The van der Waals surface area contributed by atoms with Gasteiger partial charge in [-0.05, 0) is 28.8 Å². The van der Waals surface area contributed by atoms with Crippen molar-refractivity contribution in [2.45, 2.75) is 31.7 Å². The lowest BCUT2D eigenvalue weighted by atomic mass is 10.2. The van der Waals surface area contributed by atoms with Crippen molar-refractivity contribution in [2.75, 3.05) is 0 Å². The zero-order valence-electron chi connectivity index (χ0n) is 9.56. The quantitative estimate of drug-likeness (QED) is 0.757. The minimum atomic E-state index is -0.0359. The van der Waals surface area contributed by atoms with Crippen molar-refractivity contribution in [3.05, 3.63) is 21.4 Å². The maximum atomic E-state index is 12.2. The van der Waals surface area contributed by atoms with Gasteiger partial charge in [-0.3, -0.25) is 9.36 Å². The van der Waals surface area contributed by atoms with Crippen LogP contribution in [0, 0.1) is 0 Å². The topological polar surface area (TPSA) is 52.7 Å². The van der Waals surface area contributed by atoms with E-state index in [0.717, 1.165) is 12.8 Å². The Balaban J connectivity index is 2.27. The molecule has 0 atom stereocenters. The van der Waals surface area contributed by atoms with E-state index in [4.69, 9.17) is 0 Å². The van der Waals surface area contributed by atoms with E-state index in [2.05, 4.69) is 25.9 Å². The first-order chi connectivity index (χ1) is 8.18. The van der Waals surface area contributed by atoms with E-state index in [0.29, 0.717) is 21.9 Å². The summed E-state index contributed by atoms with van der Waals surface area (Å²) < 4.78 is 4.03. The third-order valence-electron chi connectivity index (χ3n) is 3.47. The first-order valence-electron chi connectivity index (χ1n) is 5.77. The lowest BCUT2D eigenvalue weighted by Crippen LogP contribution is -2.22. The Kier molecular flexibility index (Phi) is 2.54. The predicted molar refractivity (Wildman–Crippen MR) is 68.0 cm³/mol.